The molecular formula is C4H10ClNO2. The average Bonchev–Trinajstić information content (AvgIpc) is 1.65. The number of nitrogens with one attached hydrogen (secondary N) is 1. The number of hydrogen-bond acceptors (Lipinski definition) is 2. The van der Waals surface area contributed by atoms with Crippen LogP contribution < -0.4 is 17.3 Å². The number of ether oxygens (including phenoxy) is 1. The first-order chi connectivity index (χ1) is 3.18. The summed E-state index contributed by atoms with van der Waals surface area (Å²) in [4.78, 5) is 10.9. The van der Waals surface area contributed by atoms with Gasteiger partial charge in [-0.3, -0.25) is 0 Å². The van der Waals surface area contributed by atoms with E-state index in [1.807, 2.05) is 0 Å². The number of quaternary nitrogens is 1. The van der Waals surface area contributed by atoms with E-state index in [1.54, 1.807) is 14.1 Å². The maximum Gasteiger partial charge on any atom is 0.513 e. The average molecular weight is 140 g/mol. The van der Waals surface area contributed by atoms with Crippen LogP contribution in [0.1, 0.15) is 0 Å². The molecule has 1 amide bonds. The molecule has 0 saturated carbocycles. The van der Waals surface area contributed by atoms with Gasteiger partial charge in [0.05, 0.1) is 21.2 Å². The van der Waals surface area contributed by atoms with Gasteiger partial charge in [-0.05, 0) is 0 Å². The fourth-order valence-electron chi connectivity index (χ4n) is 0.204. The summed E-state index contributed by atoms with van der Waals surface area (Å²) in [7, 11) is 4.80. The smallest absolute Gasteiger partial charge is 0.513 e. The van der Waals surface area contributed by atoms with E-state index in [4.69, 9.17) is 0 Å². The summed E-state index contributed by atoms with van der Waals surface area (Å²) in [5.41, 5.74) is 0. The Labute approximate surface area is 55.0 Å². The Morgan fingerprint density at radius 1 is 1.50 bits per heavy atom. The summed E-state index contributed by atoms with van der Waals surface area (Å²) in [6, 6.07) is 0. The van der Waals surface area contributed by atoms with Gasteiger partial charge in [0.15, 0.2) is 0 Å². The molecule has 0 aromatic heterocycles. The van der Waals surface area contributed by atoms with E-state index in [2.05, 4.69) is 4.74 Å². The quantitative estimate of drug-likeness (QED) is 0.370. The Morgan fingerprint density at radius 3 is 1.88 bits per heavy atom. The summed E-state index contributed by atoms with van der Waals surface area (Å²) in [6.07, 6.45) is -0.236. The number of halogens is 1. The Morgan fingerprint density at radius 2 is 1.88 bits per heavy atom. The zero-order chi connectivity index (χ0) is 5.86. The highest BCUT2D eigenvalue weighted by Gasteiger charge is 2.04. The van der Waals surface area contributed by atoms with Crippen molar-refractivity contribution in [2.45, 2.75) is 0 Å². The van der Waals surface area contributed by atoms with Crippen molar-refractivity contribution in [3.8, 4) is 0 Å². The highest BCUT2D eigenvalue weighted by molar-refractivity contribution is 5.55. The van der Waals surface area contributed by atoms with Gasteiger partial charge in [-0.15, -0.1) is 0 Å². The third-order valence-electron chi connectivity index (χ3n) is 0.594. The first-order valence-electron chi connectivity index (χ1n) is 2.07. The lowest BCUT2D eigenvalue weighted by atomic mass is 10.9. The minimum Gasteiger partial charge on any atom is -1.00 e. The molecule has 0 unspecified atom stereocenters. The van der Waals surface area contributed by atoms with E-state index < -0.39 is 0 Å². The van der Waals surface area contributed by atoms with Gasteiger partial charge >= 0.3 is 6.09 Å². The van der Waals surface area contributed by atoms with E-state index in [1.165, 1.54) is 7.11 Å². The van der Waals surface area contributed by atoms with Crippen LogP contribution in [0.2, 0.25) is 0 Å². The topological polar surface area (TPSA) is 30.7 Å². The van der Waals surface area contributed by atoms with Crippen molar-refractivity contribution < 1.29 is 26.8 Å². The van der Waals surface area contributed by atoms with Gasteiger partial charge in [0, 0.05) is 0 Å². The minimum atomic E-state index is -0.236. The molecule has 0 bridgehead atoms. The predicted molar refractivity (Wildman–Crippen MR) is 25.2 cm³/mol. The van der Waals surface area contributed by atoms with Crippen LogP contribution in [0.25, 0.3) is 0 Å². The van der Waals surface area contributed by atoms with E-state index in [0.29, 0.717) is 4.90 Å². The van der Waals surface area contributed by atoms with E-state index in [9.17, 15) is 4.79 Å². The van der Waals surface area contributed by atoms with Crippen LogP contribution >= 0.6 is 0 Å². The number of rotatable bonds is 0. The van der Waals surface area contributed by atoms with Crippen molar-refractivity contribution in [2.75, 3.05) is 21.2 Å². The molecule has 0 saturated heterocycles. The fraction of sp³-hybridized carbons (Fsp3) is 0.750. The molecule has 0 aliphatic heterocycles. The van der Waals surface area contributed by atoms with Crippen LogP contribution in [0.5, 0.6) is 0 Å². The molecule has 50 valence electrons. The monoisotopic (exact) mass is 139 g/mol. The molecule has 1 N–H and O–H groups in total. The summed E-state index contributed by atoms with van der Waals surface area (Å²) < 4.78 is 4.34. The molecule has 0 spiro atoms. The minimum absolute atomic E-state index is 0. The van der Waals surface area contributed by atoms with Crippen molar-refractivity contribution in [2.24, 2.45) is 0 Å². The lowest BCUT2D eigenvalue weighted by Crippen LogP contribution is -3.08. The van der Waals surface area contributed by atoms with Crippen LogP contribution in [-0.2, 0) is 4.74 Å². The number of hydrogen-bond donors (Lipinski definition) is 1. The molecular weight excluding hydrogens is 130 g/mol. The molecule has 0 atom stereocenters. The maximum atomic E-state index is 10.3. The molecule has 4 heteroatoms. The summed E-state index contributed by atoms with van der Waals surface area (Å²) in [6.45, 7) is 0. The first kappa shape index (κ1) is 10.7. The summed E-state index contributed by atoms with van der Waals surface area (Å²) >= 11 is 0. The van der Waals surface area contributed by atoms with Crippen molar-refractivity contribution in [3.05, 3.63) is 0 Å². The Kier molecular flexibility index (Phi) is 6.48. The zero-order valence-corrected chi connectivity index (χ0v) is 5.95. The number of carbonyl (C=O) groups excluding carboxylic acids is 1. The van der Waals surface area contributed by atoms with Crippen molar-refractivity contribution in [1.29, 1.82) is 0 Å². The summed E-state index contributed by atoms with van der Waals surface area (Å²) in [5.74, 6) is 0. The summed E-state index contributed by atoms with van der Waals surface area (Å²) in [5, 5.41) is 0. The van der Waals surface area contributed by atoms with Crippen LogP contribution in [0.4, 0.5) is 4.79 Å². The third kappa shape index (κ3) is 3.89. The fourth-order valence-corrected chi connectivity index (χ4v) is 0.204. The standard InChI is InChI=1S/C4H9NO2.ClH/c1-5(2)4(6)7-3;/h1-3H3;1H. The number of methoxy groups -OCH3 is 1. The first-order valence-corrected chi connectivity index (χ1v) is 2.07. The van der Waals surface area contributed by atoms with Gasteiger partial charge in [-0.1, -0.05) is 0 Å². The second-order valence-corrected chi connectivity index (χ2v) is 1.49. The largest absolute Gasteiger partial charge is 1.00 e. The highest BCUT2D eigenvalue weighted by atomic mass is 35.5. The lowest BCUT2D eigenvalue weighted by molar-refractivity contribution is -0.778. The predicted octanol–water partition coefficient (Wildman–Crippen LogP) is -4.10. The Hall–Kier alpha value is -0.280. The second-order valence-electron chi connectivity index (χ2n) is 1.49. The van der Waals surface area contributed by atoms with Crippen LogP contribution in [0.15, 0.2) is 0 Å². The molecule has 0 rings (SSSR count). The highest BCUT2D eigenvalue weighted by Crippen LogP contribution is 1.56. The van der Waals surface area contributed by atoms with E-state index >= 15 is 0 Å². The van der Waals surface area contributed by atoms with Gasteiger partial charge in [0.2, 0.25) is 0 Å². The zero-order valence-electron chi connectivity index (χ0n) is 5.19. The van der Waals surface area contributed by atoms with Crippen LogP contribution in [-0.4, -0.2) is 27.3 Å². The normalized spacial score (nSPS) is 8.00. The number of alkyl carbamates (subject to hydrolysis) is 2. The third-order valence-corrected chi connectivity index (χ3v) is 0.594. The van der Waals surface area contributed by atoms with Gasteiger partial charge in [0.25, 0.3) is 0 Å². The molecule has 0 fully saturated rings. The molecule has 0 aromatic carbocycles. The van der Waals surface area contributed by atoms with E-state index in [0.717, 1.165) is 0 Å². The molecule has 0 aliphatic carbocycles. The Bertz CT molecular complexity index is 74.4. The molecule has 8 heavy (non-hydrogen) atoms. The van der Waals surface area contributed by atoms with Gasteiger partial charge in [0.1, 0.15) is 0 Å². The molecule has 0 aromatic rings. The van der Waals surface area contributed by atoms with Gasteiger partial charge in [-0.2, -0.15) is 4.79 Å². The van der Waals surface area contributed by atoms with Gasteiger partial charge in [-0.25, -0.2) is 4.90 Å². The number of amides is 1. The molecule has 3 nitrogen and oxygen atoms in total. The SMILES string of the molecule is COC(=O)[NH+](C)C.[Cl-]. The van der Waals surface area contributed by atoms with Crippen molar-refractivity contribution in [1.82, 2.24) is 0 Å². The van der Waals surface area contributed by atoms with Gasteiger partial charge < -0.3 is 17.1 Å². The van der Waals surface area contributed by atoms with E-state index in [-0.39, 0.29) is 18.5 Å². The maximum absolute atomic E-state index is 10.3. The van der Waals surface area contributed by atoms with Crippen molar-refractivity contribution >= 4 is 6.09 Å². The van der Waals surface area contributed by atoms with Crippen LogP contribution in [0, 0.1) is 0 Å². The number of carbonyl (C=O) groups is 1. The lowest BCUT2D eigenvalue weighted by Gasteiger charge is -1.98. The second kappa shape index (κ2) is 4.87. The molecule has 0 aliphatic rings. The Balaban J connectivity index is 0. The molecule has 0 radical (unpaired) electrons. The molecule has 0 heterocycles. The van der Waals surface area contributed by atoms with Crippen molar-refractivity contribution in [3.63, 3.8) is 0 Å². The van der Waals surface area contributed by atoms with Crippen LogP contribution in [0.3, 0.4) is 0 Å².